The molecule has 0 aromatic heterocycles. The lowest BCUT2D eigenvalue weighted by atomic mass is 10.6. The number of carbonyl (C=O) groups excluding carboxylic acids is 1. The Morgan fingerprint density at radius 2 is 2.10 bits per heavy atom. The van der Waals surface area contributed by atoms with Gasteiger partial charge >= 0.3 is 5.97 Å². The van der Waals surface area contributed by atoms with E-state index >= 15 is 0 Å². The van der Waals surface area contributed by atoms with E-state index in [-0.39, 0.29) is 6.61 Å². The van der Waals surface area contributed by atoms with Gasteiger partial charge in [0.05, 0.1) is 0 Å². The minimum atomic E-state index is -1.54. The summed E-state index contributed by atoms with van der Waals surface area (Å²) in [5.74, 6) is -0.605. The third kappa shape index (κ3) is 6.20. The second-order valence-electron chi connectivity index (χ2n) is 1.43. The Hall–Kier alpha value is 0.0800. The van der Waals surface area contributed by atoms with E-state index in [0.717, 1.165) is 6.08 Å². The molecule has 0 aliphatic heterocycles. The van der Waals surface area contributed by atoms with Crippen LogP contribution in [0.5, 0.6) is 0 Å². The van der Waals surface area contributed by atoms with Crippen molar-refractivity contribution in [1.29, 1.82) is 0 Å². The molecule has 0 atom stereocenters. The first kappa shape index (κ1) is 10.1. The Kier molecular flexibility index (Phi) is 4.09. The first-order valence-corrected chi connectivity index (χ1v) is 3.45. The average Bonchev–Trinajstić information content (AvgIpc) is 1.81. The van der Waals surface area contributed by atoms with E-state index in [1.165, 1.54) is 0 Å². The number of hydrogen-bond acceptors (Lipinski definition) is 2. The quantitative estimate of drug-likeness (QED) is 0.390. The molecule has 0 heterocycles. The maximum atomic E-state index is 10.3. The van der Waals surface area contributed by atoms with E-state index in [0.29, 0.717) is 0 Å². The third-order valence-electron chi connectivity index (χ3n) is 0.545. The molecular formula is C5H5Cl3O2. The monoisotopic (exact) mass is 202 g/mol. The van der Waals surface area contributed by atoms with Gasteiger partial charge in [-0.1, -0.05) is 41.4 Å². The summed E-state index contributed by atoms with van der Waals surface area (Å²) in [6, 6.07) is 0. The van der Waals surface area contributed by atoms with Gasteiger partial charge < -0.3 is 4.74 Å². The Morgan fingerprint density at radius 1 is 1.60 bits per heavy atom. The number of carbonyl (C=O) groups is 1. The second-order valence-corrected chi connectivity index (χ2v) is 3.94. The van der Waals surface area contributed by atoms with Crippen LogP contribution in [0, 0.1) is 0 Å². The molecule has 0 aliphatic rings. The molecule has 0 amide bonds. The Labute approximate surface area is 73.7 Å². The van der Waals surface area contributed by atoms with Crippen molar-refractivity contribution in [1.82, 2.24) is 0 Å². The Balaban J connectivity index is 3.55. The standard InChI is InChI=1S/C5H5Cl3O2/c1-2-4(9)10-3-5(6,7)8/h2H,1,3H2. The van der Waals surface area contributed by atoms with Gasteiger partial charge in [-0.25, -0.2) is 4.79 Å². The lowest BCUT2D eigenvalue weighted by Crippen LogP contribution is -2.15. The zero-order valence-corrected chi connectivity index (χ0v) is 7.21. The molecule has 0 bridgehead atoms. The SMILES string of the molecule is C=CC(=O)OCC(Cl)(Cl)Cl. The van der Waals surface area contributed by atoms with E-state index in [4.69, 9.17) is 34.8 Å². The molecule has 0 radical (unpaired) electrons. The highest BCUT2D eigenvalue weighted by Gasteiger charge is 2.21. The van der Waals surface area contributed by atoms with E-state index < -0.39 is 9.76 Å². The van der Waals surface area contributed by atoms with Crippen LogP contribution in [0.25, 0.3) is 0 Å². The molecule has 0 fully saturated rings. The summed E-state index contributed by atoms with van der Waals surface area (Å²) in [6.45, 7) is 2.90. The third-order valence-corrected chi connectivity index (χ3v) is 0.872. The Bertz CT molecular complexity index is 138. The maximum absolute atomic E-state index is 10.3. The lowest BCUT2D eigenvalue weighted by Gasteiger charge is -2.08. The summed E-state index contributed by atoms with van der Waals surface area (Å²) < 4.78 is 2.86. The van der Waals surface area contributed by atoms with Crippen LogP contribution in [0.4, 0.5) is 0 Å². The molecule has 0 saturated carbocycles. The van der Waals surface area contributed by atoms with Crippen molar-refractivity contribution in [2.24, 2.45) is 0 Å². The lowest BCUT2D eigenvalue weighted by molar-refractivity contribution is -0.137. The van der Waals surface area contributed by atoms with Crippen LogP contribution < -0.4 is 0 Å². The van der Waals surface area contributed by atoms with Crippen LogP contribution >= 0.6 is 34.8 Å². The van der Waals surface area contributed by atoms with Gasteiger partial charge in [0.15, 0.2) is 0 Å². The zero-order valence-electron chi connectivity index (χ0n) is 4.94. The molecule has 10 heavy (non-hydrogen) atoms. The number of hydrogen-bond donors (Lipinski definition) is 0. The molecular weight excluding hydrogens is 198 g/mol. The molecule has 0 rings (SSSR count). The fourth-order valence-corrected chi connectivity index (χ4v) is 0.376. The highest BCUT2D eigenvalue weighted by Crippen LogP contribution is 2.25. The van der Waals surface area contributed by atoms with Crippen molar-refractivity contribution in [3.05, 3.63) is 12.7 Å². The molecule has 0 aliphatic carbocycles. The smallest absolute Gasteiger partial charge is 0.330 e. The van der Waals surface area contributed by atoms with Crippen molar-refractivity contribution in [2.45, 2.75) is 3.79 Å². The van der Waals surface area contributed by atoms with E-state index in [1.807, 2.05) is 0 Å². The normalized spacial score (nSPS) is 10.7. The minimum Gasteiger partial charge on any atom is -0.458 e. The number of esters is 1. The fourth-order valence-electron chi connectivity index (χ4n) is 0.212. The van der Waals surface area contributed by atoms with Crippen LogP contribution in [-0.4, -0.2) is 16.4 Å². The maximum Gasteiger partial charge on any atom is 0.330 e. The topological polar surface area (TPSA) is 26.3 Å². The van der Waals surface area contributed by atoms with E-state index in [2.05, 4.69) is 11.3 Å². The Morgan fingerprint density at radius 3 is 2.40 bits per heavy atom. The molecule has 0 aromatic rings. The van der Waals surface area contributed by atoms with Crippen molar-refractivity contribution in [3.8, 4) is 0 Å². The van der Waals surface area contributed by atoms with Crippen LogP contribution in [0.1, 0.15) is 0 Å². The van der Waals surface area contributed by atoms with Crippen LogP contribution in [-0.2, 0) is 9.53 Å². The van der Waals surface area contributed by atoms with Gasteiger partial charge in [0.2, 0.25) is 3.79 Å². The zero-order chi connectivity index (χ0) is 8.20. The van der Waals surface area contributed by atoms with Gasteiger partial charge in [0.25, 0.3) is 0 Å². The van der Waals surface area contributed by atoms with Crippen molar-refractivity contribution in [3.63, 3.8) is 0 Å². The van der Waals surface area contributed by atoms with Crippen LogP contribution in [0.15, 0.2) is 12.7 Å². The van der Waals surface area contributed by atoms with Crippen molar-refractivity contribution >= 4 is 40.8 Å². The van der Waals surface area contributed by atoms with E-state index in [1.54, 1.807) is 0 Å². The average molecular weight is 203 g/mol. The van der Waals surface area contributed by atoms with Crippen molar-refractivity contribution in [2.75, 3.05) is 6.61 Å². The largest absolute Gasteiger partial charge is 0.458 e. The predicted octanol–water partition coefficient (Wildman–Crippen LogP) is 2.09. The molecule has 0 unspecified atom stereocenters. The summed E-state index contributed by atoms with van der Waals surface area (Å²) >= 11 is 15.8. The summed E-state index contributed by atoms with van der Waals surface area (Å²) in [5.41, 5.74) is 0. The summed E-state index contributed by atoms with van der Waals surface area (Å²) in [6.07, 6.45) is 0.996. The number of ether oxygens (including phenoxy) is 1. The van der Waals surface area contributed by atoms with Gasteiger partial charge in [-0.05, 0) is 0 Å². The van der Waals surface area contributed by atoms with Gasteiger partial charge in [-0.3, -0.25) is 0 Å². The summed E-state index contributed by atoms with van der Waals surface area (Å²) in [7, 11) is 0. The molecule has 5 heteroatoms. The predicted molar refractivity (Wildman–Crippen MR) is 41.4 cm³/mol. The first-order valence-electron chi connectivity index (χ1n) is 2.31. The number of halogens is 3. The summed E-state index contributed by atoms with van der Waals surface area (Å²) in [5, 5.41) is 0. The molecule has 0 aromatic carbocycles. The van der Waals surface area contributed by atoms with Gasteiger partial charge in [-0.15, -0.1) is 0 Å². The van der Waals surface area contributed by atoms with Gasteiger partial charge in [0.1, 0.15) is 6.61 Å². The molecule has 2 nitrogen and oxygen atoms in total. The number of alkyl halides is 3. The minimum absolute atomic E-state index is 0.261. The molecule has 0 spiro atoms. The highest BCUT2D eigenvalue weighted by atomic mass is 35.6. The highest BCUT2D eigenvalue weighted by molar-refractivity contribution is 6.67. The van der Waals surface area contributed by atoms with Gasteiger partial charge in [0, 0.05) is 6.08 Å². The summed E-state index contributed by atoms with van der Waals surface area (Å²) in [4.78, 5) is 10.3. The fraction of sp³-hybridized carbons (Fsp3) is 0.400. The molecule has 58 valence electrons. The molecule has 0 N–H and O–H groups in total. The molecule has 0 saturated heterocycles. The van der Waals surface area contributed by atoms with Crippen LogP contribution in [0.2, 0.25) is 0 Å². The van der Waals surface area contributed by atoms with Gasteiger partial charge in [-0.2, -0.15) is 0 Å². The van der Waals surface area contributed by atoms with Crippen molar-refractivity contribution < 1.29 is 9.53 Å². The first-order chi connectivity index (χ1) is 4.45. The van der Waals surface area contributed by atoms with Crippen LogP contribution in [0.3, 0.4) is 0 Å². The van der Waals surface area contributed by atoms with E-state index in [9.17, 15) is 4.79 Å². The second kappa shape index (κ2) is 4.06. The number of rotatable bonds is 2.